The van der Waals surface area contributed by atoms with Gasteiger partial charge in [-0.1, -0.05) is 12.1 Å². The highest BCUT2D eigenvalue weighted by molar-refractivity contribution is 5.79. The zero-order valence-electron chi connectivity index (χ0n) is 11.6. The number of nitrogens with zero attached hydrogens (tertiary/aromatic N) is 2. The van der Waals surface area contributed by atoms with Crippen LogP contribution < -0.4 is 5.73 Å². The Bertz CT molecular complexity index is 594. The fourth-order valence-electron chi connectivity index (χ4n) is 3.23. The van der Waals surface area contributed by atoms with Crippen LogP contribution in [0.4, 0.5) is 0 Å². The maximum Gasteiger partial charge on any atom is 0.0705 e. The van der Waals surface area contributed by atoms with Gasteiger partial charge in [0.25, 0.3) is 0 Å². The first-order valence-corrected chi connectivity index (χ1v) is 6.96. The molecule has 2 N–H and O–H groups in total. The van der Waals surface area contributed by atoms with Gasteiger partial charge in [0.05, 0.1) is 5.52 Å². The fourth-order valence-corrected chi connectivity index (χ4v) is 3.23. The molecule has 1 aliphatic heterocycles. The molecule has 2 atom stereocenters. The van der Waals surface area contributed by atoms with Crippen LogP contribution in [0.2, 0.25) is 0 Å². The average molecular weight is 255 g/mol. The molecule has 1 aromatic carbocycles. The van der Waals surface area contributed by atoms with Crippen LogP contribution in [-0.4, -0.2) is 30.0 Å². The van der Waals surface area contributed by atoms with Crippen molar-refractivity contribution < 1.29 is 0 Å². The summed E-state index contributed by atoms with van der Waals surface area (Å²) in [6.45, 7) is 3.93. The number of nitrogens with two attached hydrogens (primary N) is 1. The molecule has 1 saturated heterocycles. The number of benzene rings is 1. The normalized spacial score (nSPS) is 24.2. The topological polar surface area (TPSA) is 42.1 Å². The van der Waals surface area contributed by atoms with E-state index in [1.165, 1.54) is 17.4 Å². The first-order chi connectivity index (χ1) is 9.19. The van der Waals surface area contributed by atoms with Crippen molar-refractivity contribution in [2.75, 3.05) is 20.1 Å². The molecule has 3 rings (SSSR count). The van der Waals surface area contributed by atoms with Crippen molar-refractivity contribution in [2.24, 2.45) is 11.7 Å². The minimum atomic E-state index is 0.454. The standard InChI is InChI=1S/C16H21N3/c1-11-3-4-12-9-13(5-6-15(12)18-11)16-14(10-17)7-8-19(16)2/h3-6,9,14,16H,7-8,10,17H2,1-2H3. The molecule has 2 unspecified atom stereocenters. The summed E-state index contributed by atoms with van der Waals surface area (Å²) in [7, 11) is 2.19. The van der Waals surface area contributed by atoms with Gasteiger partial charge < -0.3 is 5.73 Å². The first-order valence-electron chi connectivity index (χ1n) is 6.96. The molecule has 0 aliphatic carbocycles. The zero-order valence-corrected chi connectivity index (χ0v) is 11.6. The first kappa shape index (κ1) is 12.6. The number of aryl methyl sites for hydroxylation is 1. The lowest BCUT2D eigenvalue weighted by Crippen LogP contribution is -2.25. The van der Waals surface area contributed by atoms with E-state index in [2.05, 4.69) is 47.3 Å². The van der Waals surface area contributed by atoms with Gasteiger partial charge in [-0.3, -0.25) is 9.88 Å². The van der Waals surface area contributed by atoms with E-state index in [-0.39, 0.29) is 0 Å². The summed E-state index contributed by atoms with van der Waals surface area (Å²) in [5.41, 5.74) is 9.43. The van der Waals surface area contributed by atoms with Gasteiger partial charge in [-0.05, 0) is 63.2 Å². The van der Waals surface area contributed by atoms with Crippen molar-refractivity contribution in [1.82, 2.24) is 9.88 Å². The molecule has 2 aromatic rings. The van der Waals surface area contributed by atoms with Crippen molar-refractivity contribution in [2.45, 2.75) is 19.4 Å². The lowest BCUT2D eigenvalue weighted by Gasteiger charge is -2.25. The predicted molar refractivity (Wildman–Crippen MR) is 79.0 cm³/mol. The Labute approximate surface area is 114 Å². The molecule has 2 heterocycles. The van der Waals surface area contributed by atoms with Crippen molar-refractivity contribution >= 4 is 10.9 Å². The van der Waals surface area contributed by atoms with E-state index < -0.39 is 0 Å². The lowest BCUT2D eigenvalue weighted by atomic mass is 9.93. The van der Waals surface area contributed by atoms with Crippen molar-refractivity contribution in [3.8, 4) is 0 Å². The molecule has 0 radical (unpaired) electrons. The molecule has 1 aliphatic rings. The highest BCUT2D eigenvalue weighted by atomic mass is 15.2. The van der Waals surface area contributed by atoms with Crippen molar-refractivity contribution in [3.63, 3.8) is 0 Å². The highest BCUT2D eigenvalue weighted by Crippen LogP contribution is 2.36. The molecular formula is C16H21N3. The van der Waals surface area contributed by atoms with Crippen LogP contribution in [0.5, 0.6) is 0 Å². The van der Waals surface area contributed by atoms with Crippen LogP contribution in [0, 0.1) is 12.8 Å². The van der Waals surface area contributed by atoms with E-state index in [1.807, 2.05) is 6.92 Å². The number of hydrogen-bond donors (Lipinski definition) is 1. The van der Waals surface area contributed by atoms with E-state index in [1.54, 1.807) is 0 Å². The quantitative estimate of drug-likeness (QED) is 0.896. The van der Waals surface area contributed by atoms with E-state index in [0.29, 0.717) is 12.0 Å². The summed E-state index contributed by atoms with van der Waals surface area (Å²) in [5.74, 6) is 0.570. The Hall–Kier alpha value is -1.45. The van der Waals surface area contributed by atoms with Gasteiger partial charge in [0.2, 0.25) is 0 Å². The average Bonchev–Trinajstić information content (AvgIpc) is 2.79. The van der Waals surface area contributed by atoms with Gasteiger partial charge in [-0.15, -0.1) is 0 Å². The van der Waals surface area contributed by atoms with E-state index in [4.69, 9.17) is 5.73 Å². The largest absolute Gasteiger partial charge is 0.330 e. The van der Waals surface area contributed by atoms with Gasteiger partial charge in [0.1, 0.15) is 0 Å². The van der Waals surface area contributed by atoms with Gasteiger partial charge in [-0.2, -0.15) is 0 Å². The lowest BCUT2D eigenvalue weighted by molar-refractivity contribution is 0.280. The molecule has 1 fully saturated rings. The summed E-state index contributed by atoms with van der Waals surface area (Å²) in [6, 6.07) is 11.3. The second-order valence-corrected chi connectivity index (χ2v) is 5.61. The van der Waals surface area contributed by atoms with Gasteiger partial charge in [0.15, 0.2) is 0 Å². The van der Waals surface area contributed by atoms with Gasteiger partial charge in [0, 0.05) is 17.1 Å². The summed E-state index contributed by atoms with van der Waals surface area (Å²) >= 11 is 0. The monoisotopic (exact) mass is 255 g/mol. The third kappa shape index (κ3) is 2.24. The smallest absolute Gasteiger partial charge is 0.0705 e. The van der Waals surface area contributed by atoms with E-state index >= 15 is 0 Å². The minimum absolute atomic E-state index is 0.454. The Balaban J connectivity index is 2.03. The number of aromatic nitrogens is 1. The SMILES string of the molecule is Cc1ccc2cc(C3C(CN)CCN3C)ccc2n1. The third-order valence-corrected chi connectivity index (χ3v) is 4.27. The number of fused-ring (bicyclic) bond motifs is 1. The van der Waals surface area contributed by atoms with E-state index in [0.717, 1.165) is 24.3 Å². The van der Waals surface area contributed by atoms with Crippen molar-refractivity contribution in [3.05, 3.63) is 41.6 Å². The minimum Gasteiger partial charge on any atom is -0.330 e. The fraction of sp³-hybridized carbons (Fsp3) is 0.438. The number of hydrogen-bond acceptors (Lipinski definition) is 3. The Morgan fingerprint density at radius 3 is 2.95 bits per heavy atom. The molecular weight excluding hydrogens is 234 g/mol. The molecule has 100 valence electrons. The maximum absolute atomic E-state index is 5.92. The second kappa shape index (κ2) is 4.91. The Kier molecular flexibility index (Phi) is 3.25. The zero-order chi connectivity index (χ0) is 13.4. The number of pyridine rings is 1. The number of likely N-dealkylation sites (tertiary alicyclic amines) is 1. The van der Waals surface area contributed by atoms with Crippen LogP contribution in [0.1, 0.15) is 23.7 Å². The molecule has 19 heavy (non-hydrogen) atoms. The van der Waals surface area contributed by atoms with Crippen molar-refractivity contribution in [1.29, 1.82) is 0 Å². The summed E-state index contributed by atoms with van der Waals surface area (Å²) in [6.07, 6.45) is 1.20. The molecule has 3 heteroatoms. The van der Waals surface area contributed by atoms with Crippen LogP contribution in [-0.2, 0) is 0 Å². The molecule has 0 amide bonds. The van der Waals surface area contributed by atoms with Crippen LogP contribution in [0.25, 0.3) is 10.9 Å². The summed E-state index contributed by atoms with van der Waals surface area (Å²) in [4.78, 5) is 6.98. The molecule has 0 bridgehead atoms. The third-order valence-electron chi connectivity index (χ3n) is 4.27. The Morgan fingerprint density at radius 1 is 1.32 bits per heavy atom. The molecule has 3 nitrogen and oxygen atoms in total. The summed E-state index contributed by atoms with van der Waals surface area (Å²) in [5, 5.41) is 1.22. The maximum atomic E-state index is 5.92. The molecule has 0 saturated carbocycles. The van der Waals surface area contributed by atoms with Crippen LogP contribution >= 0.6 is 0 Å². The van der Waals surface area contributed by atoms with Gasteiger partial charge >= 0.3 is 0 Å². The van der Waals surface area contributed by atoms with E-state index in [9.17, 15) is 0 Å². The molecule has 1 aromatic heterocycles. The summed E-state index contributed by atoms with van der Waals surface area (Å²) < 4.78 is 0. The van der Waals surface area contributed by atoms with Crippen LogP contribution in [0.15, 0.2) is 30.3 Å². The second-order valence-electron chi connectivity index (χ2n) is 5.61. The highest BCUT2D eigenvalue weighted by Gasteiger charge is 2.31. The number of rotatable bonds is 2. The Morgan fingerprint density at radius 2 is 2.16 bits per heavy atom. The molecule has 0 spiro atoms. The van der Waals surface area contributed by atoms with Gasteiger partial charge in [-0.25, -0.2) is 0 Å². The van der Waals surface area contributed by atoms with Crippen LogP contribution in [0.3, 0.4) is 0 Å². The predicted octanol–water partition coefficient (Wildman–Crippen LogP) is 2.49.